The molecule has 2 aromatic rings. The van der Waals surface area contributed by atoms with E-state index in [4.69, 9.17) is 16.9 Å². The van der Waals surface area contributed by atoms with Crippen molar-refractivity contribution in [2.75, 3.05) is 0 Å². The lowest BCUT2D eigenvalue weighted by Crippen LogP contribution is -2.51. The summed E-state index contributed by atoms with van der Waals surface area (Å²) in [6, 6.07) is 13.2. The molecule has 0 aliphatic rings. The second kappa shape index (κ2) is 13.1. The summed E-state index contributed by atoms with van der Waals surface area (Å²) in [6.07, 6.45) is 4.38. The van der Waals surface area contributed by atoms with E-state index in [1.54, 1.807) is 39.8 Å². The number of benzene rings is 2. The Bertz CT molecular complexity index is 1200. The maximum absolute atomic E-state index is 13.7. The summed E-state index contributed by atoms with van der Waals surface area (Å²) in [4.78, 5) is 51.9. The molecule has 0 aliphatic heterocycles. The zero-order chi connectivity index (χ0) is 28.5. The smallest absolute Gasteiger partial charge is 0.408 e. The molecule has 0 bridgehead atoms. The van der Waals surface area contributed by atoms with Gasteiger partial charge in [0.15, 0.2) is 6.04 Å². The standard InChI is InChI=1S/C28H34N4O6/c1-6-32(26(36)21(15-16-22(29)33)31-27(37)38-28(3,4)5)23(20-14-10-11-18(2)24(20)34)25(35)30-17-19-12-8-7-9-13-19/h1,7-14,21,23,34H,15-17H2,2-5H3,(H2,29,33)(H,30,35)(H,31,37). The third kappa shape index (κ3) is 8.55. The average Bonchev–Trinajstić information content (AvgIpc) is 2.84. The van der Waals surface area contributed by atoms with Crippen molar-refractivity contribution in [2.24, 2.45) is 5.73 Å². The molecular formula is C28H34N4O6. The Morgan fingerprint density at radius 2 is 1.76 bits per heavy atom. The minimum Gasteiger partial charge on any atom is -0.507 e. The van der Waals surface area contributed by atoms with E-state index in [-0.39, 0.29) is 30.7 Å². The van der Waals surface area contributed by atoms with Crippen LogP contribution in [0.15, 0.2) is 48.5 Å². The molecule has 0 spiro atoms. The molecule has 2 aromatic carbocycles. The number of ether oxygens (including phenoxy) is 1. The fourth-order valence-electron chi connectivity index (χ4n) is 3.61. The van der Waals surface area contributed by atoms with Crippen LogP contribution < -0.4 is 16.4 Å². The maximum Gasteiger partial charge on any atom is 0.408 e. The zero-order valence-corrected chi connectivity index (χ0v) is 22.0. The van der Waals surface area contributed by atoms with Gasteiger partial charge in [-0.3, -0.25) is 19.3 Å². The Hall–Kier alpha value is -4.52. The number of rotatable bonds is 10. The van der Waals surface area contributed by atoms with Gasteiger partial charge in [-0.15, -0.1) is 0 Å². The monoisotopic (exact) mass is 522 g/mol. The Morgan fingerprint density at radius 3 is 2.34 bits per heavy atom. The van der Waals surface area contributed by atoms with Crippen LogP contribution in [0.25, 0.3) is 0 Å². The summed E-state index contributed by atoms with van der Waals surface area (Å²) in [5.74, 6) is -2.43. The Labute approximate surface area is 222 Å². The van der Waals surface area contributed by atoms with Crippen LogP contribution in [0.5, 0.6) is 5.75 Å². The molecule has 4 amide bonds. The molecule has 0 aliphatic carbocycles. The molecule has 38 heavy (non-hydrogen) atoms. The van der Waals surface area contributed by atoms with E-state index < -0.39 is 41.5 Å². The molecule has 10 nitrogen and oxygen atoms in total. The average molecular weight is 523 g/mol. The van der Waals surface area contributed by atoms with Gasteiger partial charge in [0.1, 0.15) is 17.4 Å². The van der Waals surface area contributed by atoms with Gasteiger partial charge in [0.05, 0.1) is 0 Å². The first-order valence-corrected chi connectivity index (χ1v) is 12.0. The third-order valence-corrected chi connectivity index (χ3v) is 5.42. The minimum atomic E-state index is -1.45. The first kappa shape index (κ1) is 29.7. The van der Waals surface area contributed by atoms with E-state index in [0.29, 0.717) is 5.56 Å². The molecule has 2 unspecified atom stereocenters. The lowest BCUT2D eigenvalue weighted by Gasteiger charge is -2.30. The highest BCUT2D eigenvalue weighted by Crippen LogP contribution is 2.32. The number of aryl methyl sites for hydroxylation is 1. The van der Waals surface area contributed by atoms with E-state index >= 15 is 0 Å². The van der Waals surface area contributed by atoms with Gasteiger partial charge in [-0.1, -0.05) is 55.0 Å². The molecule has 2 rings (SSSR count). The summed E-state index contributed by atoms with van der Waals surface area (Å²) in [5.41, 5.74) is 5.76. The molecular weight excluding hydrogens is 488 g/mol. The molecule has 0 heterocycles. The Kier molecular flexibility index (Phi) is 10.3. The Morgan fingerprint density at radius 1 is 1.11 bits per heavy atom. The molecule has 0 saturated carbocycles. The van der Waals surface area contributed by atoms with E-state index in [0.717, 1.165) is 10.5 Å². The third-order valence-electron chi connectivity index (χ3n) is 5.42. The van der Waals surface area contributed by atoms with Gasteiger partial charge in [-0.05, 0) is 45.2 Å². The van der Waals surface area contributed by atoms with Crippen LogP contribution in [0.1, 0.15) is 56.3 Å². The molecule has 0 radical (unpaired) electrons. The van der Waals surface area contributed by atoms with Gasteiger partial charge in [0, 0.05) is 24.6 Å². The van der Waals surface area contributed by atoms with Crippen LogP contribution in [0.3, 0.4) is 0 Å². The van der Waals surface area contributed by atoms with Gasteiger partial charge in [0.25, 0.3) is 5.91 Å². The van der Waals surface area contributed by atoms with Crippen molar-refractivity contribution in [3.8, 4) is 18.2 Å². The van der Waals surface area contributed by atoms with Crippen molar-refractivity contribution in [2.45, 2.75) is 64.8 Å². The number of para-hydroxylation sites is 1. The summed E-state index contributed by atoms with van der Waals surface area (Å²) in [7, 11) is 0. The zero-order valence-electron chi connectivity index (χ0n) is 22.0. The number of aromatic hydroxyl groups is 1. The number of hydrogen-bond donors (Lipinski definition) is 4. The highest BCUT2D eigenvalue weighted by Gasteiger charge is 2.37. The summed E-state index contributed by atoms with van der Waals surface area (Å²) < 4.78 is 5.25. The van der Waals surface area contributed by atoms with Crippen molar-refractivity contribution in [3.63, 3.8) is 0 Å². The number of nitrogens with one attached hydrogen (secondary N) is 2. The number of nitrogens with two attached hydrogens (primary N) is 1. The van der Waals surface area contributed by atoms with Gasteiger partial charge < -0.3 is 26.2 Å². The van der Waals surface area contributed by atoms with Crippen LogP contribution in [-0.2, 0) is 25.7 Å². The van der Waals surface area contributed by atoms with Crippen LogP contribution in [-0.4, -0.2) is 45.5 Å². The molecule has 2 atom stereocenters. The SMILES string of the molecule is C#CN(C(=O)C(CCC(N)=O)NC(=O)OC(C)(C)C)C(C(=O)NCc1ccccc1)c1cccc(C)c1O. The second-order valence-corrected chi connectivity index (χ2v) is 9.66. The van der Waals surface area contributed by atoms with E-state index in [1.165, 1.54) is 6.07 Å². The van der Waals surface area contributed by atoms with Crippen molar-refractivity contribution in [1.29, 1.82) is 0 Å². The van der Waals surface area contributed by atoms with Crippen LogP contribution in [0.2, 0.25) is 0 Å². The van der Waals surface area contributed by atoms with Gasteiger partial charge >= 0.3 is 6.09 Å². The maximum atomic E-state index is 13.7. The molecule has 0 aromatic heterocycles. The van der Waals surface area contributed by atoms with Crippen LogP contribution in [0, 0.1) is 19.4 Å². The number of carbonyl (C=O) groups is 4. The first-order chi connectivity index (χ1) is 17.8. The number of phenols is 1. The summed E-state index contributed by atoms with van der Waals surface area (Å²) >= 11 is 0. The lowest BCUT2D eigenvalue weighted by atomic mass is 9.99. The number of terminal acetylenes is 1. The second-order valence-electron chi connectivity index (χ2n) is 9.66. The Balaban J connectivity index is 2.45. The topological polar surface area (TPSA) is 151 Å². The van der Waals surface area contributed by atoms with E-state index in [2.05, 4.69) is 16.7 Å². The number of amides is 4. The number of nitrogens with zero attached hydrogens (tertiary/aromatic N) is 1. The molecule has 10 heteroatoms. The van der Waals surface area contributed by atoms with Crippen LogP contribution in [0.4, 0.5) is 4.79 Å². The predicted molar refractivity (Wildman–Crippen MR) is 141 cm³/mol. The minimum absolute atomic E-state index is 0.0905. The number of carbonyl (C=O) groups excluding carboxylic acids is 4. The summed E-state index contributed by atoms with van der Waals surface area (Å²) in [5, 5.41) is 16.0. The van der Waals surface area contributed by atoms with Gasteiger partial charge in [0.2, 0.25) is 11.8 Å². The molecule has 202 valence electrons. The normalized spacial score (nSPS) is 12.4. The fraction of sp³-hybridized carbons (Fsp3) is 0.357. The largest absolute Gasteiger partial charge is 0.507 e. The molecule has 5 N–H and O–H groups in total. The molecule has 0 fully saturated rings. The quantitative estimate of drug-likeness (QED) is 0.278. The van der Waals surface area contributed by atoms with Crippen molar-refractivity contribution in [1.82, 2.24) is 15.5 Å². The number of phenolic OH excluding ortho intramolecular Hbond substituents is 1. The summed E-state index contributed by atoms with van der Waals surface area (Å²) in [6.45, 7) is 6.71. The number of primary amides is 1. The first-order valence-electron chi connectivity index (χ1n) is 12.0. The van der Waals surface area contributed by atoms with E-state index in [9.17, 15) is 24.3 Å². The number of hydrogen-bond acceptors (Lipinski definition) is 6. The van der Waals surface area contributed by atoms with Gasteiger partial charge in [-0.2, -0.15) is 0 Å². The number of alkyl carbamates (subject to hydrolysis) is 1. The lowest BCUT2D eigenvalue weighted by molar-refractivity contribution is -0.139. The van der Waals surface area contributed by atoms with Crippen molar-refractivity contribution < 1.29 is 29.0 Å². The van der Waals surface area contributed by atoms with Crippen molar-refractivity contribution in [3.05, 3.63) is 65.2 Å². The van der Waals surface area contributed by atoms with E-state index in [1.807, 2.05) is 30.3 Å². The predicted octanol–water partition coefficient (Wildman–Crippen LogP) is 2.64. The highest BCUT2D eigenvalue weighted by molar-refractivity contribution is 5.94. The molecule has 0 saturated heterocycles. The van der Waals surface area contributed by atoms with Crippen LogP contribution >= 0.6 is 0 Å². The van der Waals surface area contributed by atoms with Crippen molar-refractivity contribution >= 4 is 23.8 Å². The highest BCUT2D eigenvalue weighted by atomic mass is 16.6. The van der Waals surface area contributed by atoms with Gasteiger partial charge in [-0.25, -0.2) is 4.79 Å². The fourth-order valence-corrected chi connectivity index (χ4v) is 3.61.